The number of fused-ring (bicyclic) bond motifs is 1. The van der Waals surface area contributed by atoms with Crippen molar-refractivity contribution in [3.05, 3.63) is 101 Å². The van der Waals surface area contributed by atoms with Crippen molar-refractivity contribution >= 4 is 40.3 Å². The van der Waals surface area contributed by atoms with E-state index in [1.54, 1.807) is 74.6 Å². The Labute approximate surface area is 215 Å². The van der Waals surface area contributed by atoms with Crippen molar-refractivity contribution in [1.29, 1.82) is 0 Å². The Kier molecular flexibility index (Phi) is 6.25. The molecule has 0 aliphatic rings. The van der Waals surface area contributed by atoms with E-state index >= 15 is 0 Å². The Hall–Kier alpha value is -5.19. The average Bonchev–Trinajstić information content (AvgIpc) is 3.63. The summed E-state index contributed by atoms with van der Waals surface area (Å²) in [6.45, 7) is 3.36. The van der Waals surface area contributed by atoms with Crippen molar-refractivity contribution in [3.8, 4) is 0 Å². The summed E-state index contributed by atoms with van der Waals surface area (Å²) in [5.74, 6) is -1.96. The van der Waals surface area contributed by atoms with E-state index in [0.29, 0.717) is 22.5 Å². The van der Waals surface area contributed by atoms with Gasteiger partial charge in [-0.2, -0.15) is 5.10 Å². The Balaban J connectivity index is 1.34. The summed E-state index contributed by atoms with van der Waals surface area (Å²) in [5, 5.41) is 14.9. The third-order valence-corrected chi connectivity index (χ3v) is 5.93. The first kappa shape index (κ1) is 24.5. The van der Waals surface area contributed by atoms with E-state index in [2.05, 4.69) is 31.1 Å². The van der Waals surface area contributed by atoms with Crippen LogP contribution in [0.15, 0.2) is 77.3 Å². The van der Waals surface area contributed by atoms with Gasteiger partial charge in [0.15, 0.2) is 17.2 Å². The molecule has 3 amide bonds. The highest BCUT2D eigenvalue weighted by Crippen LogP contribution is 2.28. The van der Waals surface area contributed by atoms with Gasteiger partial charge in [-0.3, -0.25) is 19.5 Å². The smallest absolute Gasteiger partial charge is 0.287 e. The lowest BCUT2D eigenvalue weighted by atomic mass is 9.93. The molecular weight excluding hydrogens is 491 g/mol. The monoisotopic (exact) mass is 514 g/mol. The van der Waals surface area contributed by atoms with Crippen LogP contribution in [-0.2, 0) is 5.54 Å². The fraction of sp³-hybridized carbons (Fsp3) is 0.111. The molecule has 0 saturated heterocycles. The van der Waals surface area contributed by atoms with Gasteiger partial charge in [-0.25, -0.2) is 4.39 Å². The maximum Gasteiger partial charge on any atom is 0.287 e. The molecule has 10 nitrogen and oxygen atoms in total. The number of para-hydroxylation sites is 1. The van der Waals surface area contributed by atoms with E-state index in [4.69, 9.17) is 4.42 Å². The third-order valence-electron chi connectivity index (χ3n) is 5.93. The maximum absolute atomic E-state index is 14.3. The van der Waals surface area contributed by atoms with Crippen LogP contribution in [0.3, 0.4) is 0 Å². The van der Waals surface area contributed by atoms with Gasteiger partial charge < -0.3 is 25.4 Å². The van der Waals surface area contributed by atoms with Crippen LogP contribution in [0, 0.1) is 5.82 Å². The summed E-state index contributed by atoms with van der Waals surface area (Å²) < 4.78 is 20.0. The molecule has 0 saturated carbocycles. The quantitative estimate of drug-likeness (QED) is 0.212. The first-order valence-corrected chi connectivity index (χ1v) is 11.6. The predicted molar refractivity (Wildman–Crippen MR) is 138 cm³/mol. The van der Waals surface area contributed by atoms with Gasteiger partial charge in [0.2, 0.25) is 0 Å². The van der Waals surface area contributed by atoms with Crippen LogP contribution in [0.4, 0.5) is 15.9 Å². The minimum Gasteiger partial charge on any atom is -0.445 e. The molecule has 38 heavy (non-hydrogen) atoms. The number of aromatic nitrogens is 3. The molecule has 0 fully saturated rings. The molecule has 5 N–H and O–H groups in total. The fourth-order valence-corrected chi connectivity index (χ4v) is 4.02. The molecular formula is C27H23FN6O4. The van der Waals surface area contributed by atoms with Crippen LogP contribution in [0.1, 0.15) is 50.8 Å². The Morgan fingerprint density at radius 2 is 1.68 bits per heavy atom. The van der Waals surface area contributed by atoms with E-state index in [1.807, 2.05) is 0 Å². The Morgan fingerprint density at radius 1 is 0.921 bits per heavy atom. The number of nitrogens with one attached hydrogen (secondary N) is 5. The molecule has 0 spiro atoms. The van der Waals surface area contributed by atoms with Crippen molar-refractivity contribution in [2.75, 3.05) is 10.6 Å². The maximum atomic E-state index is 14.3. The molecule has 2 aromatic carbocycles. The number of carbonyl (C=O) groups excluding carboxylic acids is 3. The molecule has 11 heteroatoms. The normalized spacial score (nSPS) is 11.3. The second-order valence-corrected chi connectivity index (χ2v) is 9.02. The zero-order valence-electron chi connectivity index (χ0n) is 20.4. The molecule has 192 valence electrons. The molecule has 0 atom stereocenters. The van der Waals surface area contributed by atoms with Gasteiger partial charge in [0, 0.05) is 17.8 Å². The van der Waals surface area contributed by atoms with Crippen LogP contribution in [0.2, 0.25) is 0 Å². The van der Waals surface area contributed by atoms with Crippen molar-refractivity contribution in [2.45, 2.75) is 19.4 Å². The van der Waals surface area contributed by atoms with Crippen molar-refractivity contribution in [2.24, 2.45) is 0 Å². The second-order valence-electron chi connectivity index (χ2n) is 9.02. The molecule has 5 aromatic rings. The zero-order chi connectivity index (χ0) is 26.9. The van der Waals surface area contributed by atoms with Gasteiger partial charge >= 0.3 is 0 Å². The number of H-pyrrole nitrogens is 2. The number of nitrogens with zero attached hydrogens (tertiary/aromatic N) is 1. The highest BCUT2D eigenvalue weighted by atomic mass is 19.1. The molecule has 0 aliphatic heterocycles. The van der Waals surface area contributed by atoms with Crippen LogP contribution in [0.5, 0.6) is 0 Å². The second kappa shape index (κ2) is 9.69. The third kappa shape index (κ3) is 4.76. The van der Waals surface area contributed by atoms with Crippen LogP contribution in [-0.4, -0.2) is 32.9 Å². The highest BCUT2D eigenvalue weighted by molar-refractivity contribution is 6.13. The number of rotatable bonds is 7. The van der Waals surface area contributed by atoms with Crippen LogP contribution < -0.4 is 16.0 Å². The average molecular weight is 515 g/mol. The van der Waals surface area contributed by atoms with Gasteiger partial charge in [0.1, 0.15) is 17.0 Å². The number of benzene rings is 2. The van der Waals surface area contributed by atoms with Gasteiger partial charge in [0.25, 0.3) is 17.7 Å². The SMILES string of the molecule is CC(C)(NC(=O)c1cc2[nH]nc(NC(=O)c3ccccc3NC(=O)c3ccc[nH]3)c2o1)c1ccccc1F. The molecule has 3 aromatic heterocycles. The Morgan fingerprint density at radius 3 is 2.45 bits per heavy atom. The van der Waals surface area contributed by atoms with Crippen LogP contribution in [0.25, 0.3) is 11.1 Å². The van der Waals surface area contributed by atoms with E-state index in [-0.39, 0.29) is 22.7 Å². The van der Waals surface area contributed by atoms with Crippen LogP contribution >= 0.6 is 0 Å². The summed E-state index contributed by atoms with van der Waals surface area (Å²) in [6, 6.07) is 17.4. The summed E-state index contributed by atoms with van der Waals surface area (Å²) in [4.78, 5) is 41.3. The lowest BCUT2D eigenvalue weighted by molar-refractivity contribution is 0.0883. The number of carbonyl (C=O) groups is 3. The summed E-state index contributed by atoms with van der Waals surface area (Å²) in [5.41, 5.74) is 0.663. The lowest BCUT2D eigenvalue weighted by Gasteiger charge is -2.26. The summed E-state index contributed by atoms with van der Waals surface area (Å²) in [7, 11) is 0. The standard InChI is InChI=1S/C27H23FN6O4/c1-27(2,16-9-4-5-10-17(16)28)32-26(37)21-14-20-22(38-21)23(34-33-20)31-24(35)15-8-3-6-11-18(15)30-25(36)19-12-7-13-29-19/h3-14,29H,1-2H3,(H,30,36)(H,32,37)(H2,31,33,34,35). The first-order valence-electron chi connectivity index (χ1n) is 11.6. The molecule has 5 rings (SSSR count). The molecule has 3 heterocycles. The first-order chi connectivity index (χ1) is 18.2. The number of hydrogen-bond acceptors (Lipinski definition) is 5. The van der Waals surface area contributed by atoms with Crippen molar-refractivity contribution in [1.82, 2.24) is 20.5 Å². The van der Waals surface area contributed by atoms with Crippen molar-refractivity contribution < 1.29 is 23.2 Å². The van der Waals surface area contributed by atoms with Gasteiger partial charge in [-0.05, 0) is 44.2 Å². The predicted octanol–water partition coefficient (Wildman–Crippen LogP) is 4.79. The number of aromatic amines is 2. The fourth-order valence-electron chi connectivity index (χ4n) is 4.02. The number of furan rings is 1. The topological polar surface area (TPSA) is 145 Å². The van der Waals surface area contributed by atoms with E-state index in [1.165, 1.54) is 12.1 Å². The van der Waals surface area contributed by atoms with Gasteiger partial charge in [-0.1, -0.05) is 30.3 Å². The molecule has 0 aliphatic carbocycles. The van der Waals surface area contributed by atoms with E-state index in [9.17, 15) is 18.8 Å². The summed E-state index contributed by atoms with van der Waals surface area (Å²) >= 11 is 0. The largest absolute Gasteiger partial charge is 0.445 e. The number of anilines is 2. The zero-order valence-corrected chi connectivity index (χ0v) is 20.4. The Bertz CT molecular complexity index is 1650. The number of amides is 3. The van der Waals surface area contributed by atoms with Crippen molar-refractivity contribution in [3.63, 3.8) is 0 Å². The molecule has 0 unspecified atom stereocenters. The highest BCUT2D eigenvalue weighted by Gasteiger charge is 2.28. The van der Waals surface area contributed by atoms with Gasteiger partial charge in [-0.15, -0.1) is 0 Å². The molecule has 0 bridgehead atoms. The van der Waals surface area contributed by atoms with Gasteiger partial charge in [0.05, 0.1) is 16.8 Å². The minimum absolute atomic E-state index is 0.0489. The molecule has 0 radical (unpaired) electrons. The van der Waals surface area contributed by atoms with E-state index in [0.717, 1.165) is 0 Å². The number of hydrogen-bond donors (Lipinski definition) is 5. The summed E-state index contributed by atoms with van der Waals surface area (Å²) in [6.07, 6.45) is 1.62. The van der Waals surface area contributed by atoms with E-state index < -0.39 is 29.1 Å². The minimum atomic E-state index is -1.02. The lowest BCUT2D eigenvalue weighted by Crippen LogP contribution is -2.41. The number of halogens is 1.